The molecule has 0 aliphatic carbocycles. The maximum Gasteiger partial charge on any atom is 0.307 e. The van der Waals surface area contributed by atoms with Crippen molar-refractivity contribution in [2.24, 2.45) is 0 Å². The highest BCUT2D eigenvalue weighted by molar-refractivity contribution is 5.78. The topological polar surface area (TPSA) is 59.1 Å². The van der Waals surface area contributed by atoms with Gasteiger partial charge in [0.1, 0.15) is 5.75 Å². The summed E-state index contributed by atoms with van der Waals surface area (Å²) in [7, 11) is 0. The lowest BCUT2D eigenvalue weighted by molar-refractivity contribution is -0.144. The molecule has 0 fully saturated rings. The van der Waals surface area contributed by atoms with Crippen LogP contribution in [0.25, 0.3) is 0 Å². The van der Waals surface area contributed by atoms with Gasteiger partial charge in [-0.05, 0) is 44.1 Å². The molecule has 0 radical (unpaired) electrons. The van der Waals surface area contributed by atoms with Crippen molar-refractivity contribution in [3.63, 3.8) is 0 Å². The standard InChI is InChI=1S/C21H34N2O4/c1-5-18-9-11-19(12-10-18)27-17-20(24)23(14-13-21(25)26-8-4)16-15-22(6-2)7-3/h9-12H,5-8,13-17H2,1-4H3. The predicted octanol–water partition coefficient (Wildman–Crippen LogP) is 2.75. The molecular weight excluding hydrogens is 344 g/mol. The zero-order valence-electron chi connectivity index (χ0n) is 17.2. The number of carbonyl (C=O) groups excluding carboxylic acids is 2. The Hall–Kier alpha value is -2.08. The Labute approximate surface area is 163 Å². The number of esters is 1. The molecule has 1 aromatic carbocycles. The van der Waals surface area contributed by atoms with Crippen molar-refractivity contribution in [2.75, 3.05) is 45.9 Å². The van der Waals surface area contributed by atoms with E-state index < -0.39 is 0 Å². The molecule has 0 atom stereocenters. The first-order valence-electron chi connectivity index (χ1n) is 9.91. The van der Waals surface area contributed by atoms with Crippen molar-refractivity contribution < 1.29 is 19.1 Å². The second-order valence-corrected chi connectivity index (χ2v) is 6.25. The van der Waals surface area contributed by atoms with E-state index in [0.717, 1.165) is 26.1 Å². The van der Waals surface area contributed by atoms with E-state index in [1.165, 1.54) is 5.56 Å². The van der Waals surface area contributed by atoms with E-state index in [-0.39, 0.29) is 24.9 Å². The van der Waals surface area contributed by atoms with Gasteiger partial charge in [0.15, 0.2) is 6.61 Å². The predicted molar refractivity (Wildman–Crippen MR) is 107 cm³/mol. The monoisotopic (exact) mass is 378 g/mol. The summed E-state index contributed by atoms with van der Waals surface area (Å²) < 4.78 is 10.6. The van der Waals surface area contributed by atoms with Crippen LogP contribution in [-0.4, -0.2) is 67.6 Å². The number of carbonyl (C=O) groups is 2. The van der Waals surface area contributed by atoms with Crippen LogP contribution in [-0.2, 0) is 20.7 Å². The quantitative estimate of drug-likeness (QED) is 0.494. The molecule has 0 aromatic heterocycles. The van der Waals surface area contributed by atoms with Gasteiger partial charge >= 0.3 is 5.97 Å². The summed E-state index contributed by atoms with van der Waals surface area (Å²) in [5, 5.41) is 0. The minimum Gasteiger partial charge on any atom is -0.484 e. The van der Waals surface area contributed by atoms with Gasteiger partial charge in [0.2, 0.25) is 0 Å². The van der Waals surface area contributed by atoms with Gasteiger partial charge in [0.05, 0.1) is 13.0 Å². The molecule has 0 aliphatic heterocycles. The molecule has 0 heterocycles. The van der Waals surface area contributed by atoms with Crippen LogP contribution in [0.1, 0.15) is 39.7 Å². The van der Waals surface area contributed by atoms with Crippen molar-refractivity contribution in [1.29, 1.82) is 0 Å². The van der Waals surface area contributed by atoms with E-state index in [9.17, 15) is 9.59 Å². The highest BCUT2D eigenvalue weighted by Gasteiger charge is 2.17. The third-order valence-electron chi connectivity index (χ3n) is 4.52. The highest BCUT2D eigenvalue weighted by atomic mass is 16.5. The van der Waals surface area contributed by atoms with E-state index in [2.05, 4.69) is 25.7 Å². The maximum absolute atomic E-state index is 12.6. The molecule has 1 aromatic rings. The van der Waals surface area contributed by atoms with Crippen LogP contribution >= 0.6 is 0 Å². The van der Waals surface area contributed by atoms with Gasteiger partial charge in [-0.2, -0.15) is 0 Å². The Kier molecular flexibility index (Phi) is 11.2. The van der Waals surface area contributed by atoms with Crippen LogP contribution in [0.4, 0.5) is 0 Å². The van der Waals surface area contributed by atoms with E-state index in [1.54, 1.807) is 11.8 Å². The van der Waals surface area contributed by atoms with E-state index >= 15 is 0 Å². The number of hydrogen-bond donors (Lipinski definition) is 0. The molecule has 0 saturated heterocycles. The fourth-order valence-electron chi connectivity index (χ4n) is 2.68. The van der Waals surface area contributed by atoms with E-state index in [0.29, 0.717) is 25.4 Å². The number of likely N-dealkylation sites (N-methyl/N-ethyl adjacent to an activating group) is 1. The number of hydrogen-bond acceptors (Lipinski definition) is 5. The summed E-state index contributed by atoms with van der Waals surface area (Å²) >= 11 is 0. The first-order chi connectivity index (χ1) is 13.0. The molecule has 6 heteroatoms. The Bertz CT molecular complexity index is 556. The third-order valence-corrected chi connectivity index (χ3v) is 4.52. The zero-order chi connectivity index (χ0) is 20.1. The maximum atomic E-state index is 12.6. The third kappa shape index (κ3) is 8.91. The molecule has 1 amide bonds. The molecule has 0 spiro atoms. The van der Waals surface area contributed by atoms with Crippen LogP contribution in [0.15, 0.2) is 24.3 Å². The van der Waals surface area contributed by atoms with Crippen LogP contribution in [0.5, 0.6) is 5.75 Å². The van der Waals surface area contributed by atoms with Crippen LogP contribution in [0, 0.1) is 0 Å². The van der Waals surface area contributed by atoms with Gasteiger partial charge in [-0.15, -0.1) is 0 Å². The molecule has 6 nitrogen and oxygen atoms in total. The van der Waals surface area contributed by atoms with Gasteiger partial charge in [-0.1, -0.05) is 32.9 Å². The number of nitrogens with zero attached hydrogens (tertiary/aromatic N) is 2. The van der Waals surface area contributed by atoms with Crippen LogP contribution in [0.2, 0.25) is 0 Å². The second kappa shape index (κ2) is 13.1. The van der Waals surface area contributed by atoms with Crippen molar-refractivity contribution >= 4 is 11.9 Å². The Morgan fingerprint density at radius 1 is 0.926 bits per heavy atom. The number of ether oxygens (including phenoxy) is 2. The minimum atomic E-state index is -0.283. The van der Waals surface area contributed by atoms with Gasteiger partial charge in [0.25, 0.3) is 5.91 Å². The van der Waals surface area contributed by atoms with Gasteiger partial charge in [-0.3, -0.25) is 9.59 Å². The first-order valence-corrected chi connectivity index (χ1v) is 9.91. The first kappa shape index (κ1) is 23.0. The van der Waals surface area contributed by atoms with E-state index in [4.69, 9.17) is 9.47 Å². The lowest BCUT2D eigenvalue weighted by Gasteiger charge is -2.26. The fourth-order valence-corrected chi connectivity index (χ4v) is 2.68. The van der Waals surface area contributed by atoms with Gasteiger partial charge in [0, 0.05) is 19.6 Å². The minimum absolute atomic E-state index is 0.0352. The van der Waals surface area contributed by atoms with Crippen molar-refractivity contribution in [2.45, 2.75) is 40.5 Å². The van der Waals surface area contributed by atoms with Crippen molar-refractivity contribution in [3.05, 3.63) is 29.8 Å². The molecule has 152 valence electrons. The summed E-state index contributed by atoms with van der Waals surface area (Å²) in [5.41, 5.74) is 1.23. The average Bonchev–Trinajstić information content (AvgIpc) is 2.69. The summed E-state index contributed by atoms with van der Waals surface area (Å²) in [6, 6.07) is 7.76. The SMILES string of the molecule is CCOC(=O)CCN(CCN(CC)CC)C(=O)COc1ccc(CC)cc1. The Balaban J connectivity index is 2.61. The number of aryl methyl sites for hydroxylation is 1. The van der Waals surface area contributed by atoms with Gasteiger partial charge < -0.3 is 19.3 Å². The molecule has 27 heavy (non-hydrogen) atoms. The van der Waals surface area contributed by atoms with E-state index in [1.807, 2.05) is 24.3 Å². The molecule has 0 aliphatic rings. The highest BCUT2D eigenvalue weighted by Crippen LogP contribution is 2.12. The van der Waals surface area contributed by atoms with Crippen LogP contribution in [0.3, 0.4) is 0 Å². The lowest BCUT2D eigenvalue weighted by atomic mass is 10.2. The Morgan fingerprint density at radius 2 is 1.59 bits per heavy atom. The lowest BCUT2D eigenvalue weighted by Crippen LogP contribution is -2.42. The summed E-state index contributed by atoms with van der Waals surface area (Å²) in [5.74, 6) is 0.273. The molecule has 1 rings (SSSR count). The fraction of sp³-hybridized carbons (Fsp3) is 0.619. The normalized spacial score (nSPS) is 10.7. The molecule has 0 bridgehead atoms. The molecule has 0 unspecified atom stereocenters. The molecule has 0 saturated carbocycles. The number of benzene rings is 1. The van der Waals surface area contributed by atoms with Crippen LogP contribution < -0.4 is 4.74 Å². The average molecular weight is 379 g/mol. The zero-order valence-corrected chi connectivity index (χ0v) is 17.2. The molecular formula is C21H34N2O4. The molecule has 0 N–H and O–H groups in total. The summed E-state index contributed by atoms with van der Waals surface area (Å²) in [6.07, 6.45) is 1.16. The van der Waals surface area contributed by atoms with Gasteiger partial charge in [-0.25, -0.2) is 0 Å². The smallest absolute Gasteiger partial charge is 0.307 e. The number of amides is 1. The summed E-state index contributed by atoms with van der Waals surface area (Å²) in [4.78, 5) is 28.2. The Morgan fingerprint density at radius 3 is 2.15 bits per heavy atom. The van der Waals surface area contributed by atoms with Crippen molar-refractivity contribution in [3.8, 4) is 5.75 Å². The largest absolute Gasteiger partial charge is 0.484 e. The summed E-state index contributed by atoms with van der Waals surface area (Å²) in [6.45, 7) is 11.9. The van der Waals surface area contributed by atoms with Crippen molar-refractivity contribution in [1.82, 2.24) is 9.80 Å². The second-order valence-electron chi connectivity index (χ2n) is 6.25. The number of rotatable bonds is 13.